The molecule has 0 spiro atoms. The zero-order valence-electron chi connectivity index (χ0n) is 16.8. The van der Waals surface area contributed by atoms with Gasteiger partial charge in [0.25, 0.3) is 5.91 Å². The van der Waals surface area contributed by atoms with Crippen LogP contribution in [0.25, 0.3) is 5.69 Å². The standard InChI is InChI=1S/C22H27FN4O.ClH/c1-14-5-6-20(18(23)11-14)27-19-4-2-3-17(19)21(25-27)22(28)26-9-7-15-12-24-13-16(15)8-10-26;/h5-6,11,15-16,24H,2-4,7-10,12-13H2,1H3;1H/t15-,16+;. The molecule has 2 aliphatic heterocycles. The van der Waals surface area contributed by atoms with Crippen LogP contribution >= 0.6 is 12.4 Å². The first kappa shape index (κ1) is 20.4. The molecular formula is C22H28ClFN4O. The summed E-state index contributed by atoms with van der Waals surface area (Å²) in [7, 11) is 0. The number of hydrogen-bond donors (Lipinski definition) is 1. The molecule has 1 N–H and O–H groups in total. The van der Waals surface area contributed by atoms with E-state index in [0.29, 0.717) is 23.2 Å². The number of benzene rings is 1. The average molecular weight is 419 g/mol. The van der Waals surface area contributed by atoms with Gasteiger partial charge < -0.3 is 10.2 Å². The Hall–Kier alpha value is -1.92. The molecule has 156 valence electrons. The number of nitrogens with zero attached hydrogens (tertiary/aromatic N) is 3. The summed E-state index contributed by atoms with van der Waals surface area (Å²) in [6.45, 7) is 5.61. The number of amides is 1. The van der Waals surface area contributed by atoms with Gasteiger partial charge in [0.1, 0.15) is 11.5 Å². The molecule has 0 unspecified atom stereocenters. The summed E-state index contributed by atoms with van der Waals surface area (Å²) < 4.78 is 16.3. The van der Waals surface area contributed by atoms with Gasteiger partial charge in [0.05, 0.1) is 0 Å². The van der Waals surface area contributed by atoms with Crippen LogP contribution < -0.4 is 5.32 Å². The molecule has 2 aromatic rings. The van der Waals surface area contributed by atoms with E-state index < -0.39 is 0 Å². The monoisotopic (exact) mass is 418 g/mol. The van der Waals surface area contributed by atoms with Gasteiger partial charge >= 0.3 is 0 Å². The van der Waals surface area contributed by atoms with Crippen LogP contribution in [0.4, 0.5) is 4.39 Å². The van der Waals surface area contributed by atoms with Crippen molar-refractivity contribution < 1.29 is 9.18 Å². The van der Waals surface area contributed by atoms with Crippen molar-refractivity contribution in [1.29, 1.82) is 0 Å². The Balaban J connectivity index is 0.00000205. The number of nitrogens with one attached hydrogen (secondary N) is 1. The van der Waals surface area contributed by atoms with Crippen LogP contribution in [0, 0.1) is 24.6 Å². The minimum absolute atomic E-state index is 0. The molecule has 5 nitrogen and oxygen atoms in total. The molecule has 1 aromatic carbocycles. The third-order valence-electron chi connectivity index (χ3n) is 6.77. The van der Waals surface area contributed by atoms with E-state index in [9.17, 15) is 9.18 Å². The number of aryl methyl sites for hydroxylation is 1. The minimum Gasteiger partial charge on any atom is -0.337 e. The van der Waals surface area contributed by atoms with E-state index in [2.05, 4.69) is 10.4 Å². The third-order valence-corrected chi connectivity index (χ3v) is 6.77. The Labute approximate surface area is 177 Å². The predicted octanol–water partition coefficient (Wildman–Crippen LogP) is 3.30. The van der Waals surface area contributed by atoms with Crippen LogP contribution in [-0.2, 0) is 12.8 Å². The van der Waals surface area contributed by atoms with E-state index in [1.54, 1.807) is 10.7 Å². The maximum absolute atomic E-state index is 14.6. The summed E-state index contributed by atoms with van der Waals surface area (Å²) in [5.74, 6) is 1.11. The van der Waals surface area contributed by atoms with Crippen molar-refractivity contribution in [3.8, 4) is 5.69 Å². The van der Waals surface area contributed by atoms with Crippen LogP contribution in [0.2, 0.25) is 0 Å². The van der Waals surface area contributed by atoms with Crippen molar-refractivity contribution in [2.24, 2.45) is 11.8 Å². The Morgan fingerprint density at radius 2 is 1.90 bits per heavy atom. The molecule has 3 heterocycles. The molecule has 2 saturated heterocycles. The molecule has 1 aromatic heterocycles. The van der Waals surface area contributed by atoms with Crippen molar-refractivity contribution in [2.75, 3.05) is 26.2 Å². The smallest absolute Gasteiger partial charge is 0.274 e. The van der Waals surface area contributed by atoms with Crippen LogP contribution in [0.15, 0.2) is 18.2 Å². The lowest BCUT2D eigenvalue weighted by Crippen LogP contribution is -2.33. The fraction of sp³-hybridized carbons (Fsp3) is 0.545. The Bertz CT molecular complexity index is 914. The quantitative estimate of drug-likeness (QED) is 0.814. The zero-order chi connectivity index (χ0) is 19.3. The number of hydrogen-bond acceptors (Lipinski definition) is 3. The molecule has 7 heteroatoms. The first-order chi connectivity index (χ1) is 13.6. The molecule has 1 aliphatic carbocycles. The largest absolute Gasteiger partial charge is 0.337 e. The van der Waals surface area contributed by atoms with Gasteiger partial charge in [-0.3, -0.25) is 4.79 Å². The maximum atomic E-state index is 14.6. The molecule has 0 bridgehead atoms. The van der Waals surface area contributed by atoms with Crippen LogP contribution in [-0.4, -0.2) is 46.8 Å². The summed E-state index contributed by atoms with van der Waals surface area (Å²) in [6, 6.07) is 5.19. The van der Waals surface area contributed by atoms with Crippen molar-refractivity contribution in [3.63, 3.8) is 0 Å². The molecule has 3 aliphatic rings. The van der Waals surface area contributed by atoms with Crippen molar-refractivity contribution in [2.45, 2.75) is 39.0 Å². The van der Waals surface area contributed by atoms with Gasteiger partial charge in [0.15, 0.2) is 5.69 Å². The number of carbonyl (C=O) groups is 1. The third kappa shape index (κ3) is 3.57. The second kappa shape index (κ2) is 8.07. The lowest BCUT2D eigenvalue weighted by Gasteiger charge is -2.20. The van der Waals surface area contributed by atoms with E-state index >= 15 is 0 Å². The van der Waals surface area contributed by atoms with Crippen molar-refractivity contribution >= 4 is 18.3 Å². The molecule has 0 radical (unpaired) electrons. The van der Waals surface area contributed by atoms with E-state index in [0.717, 1.165) is 75.1 Å². The van der Waals surface area contributed by atoms with E-state index in [1.165, 1.54) is 6.07 Å². The predicted molar refractivity (Wildman–Crippen MR) is 113 cm³/mol. The van der Waals surface area contributed by atoms with Crippen molar-refractivity contribution in [1.82, 2.24) is 20.0 Å². The molecule has 2 fully saturated rings. The Morgan fingerprint density at radius 3 is 2.59 bits per heavy atom. The Kier molecular flexibility index (Phi) is 5.67. The van der Waals surface area contributed by atoms with Gasteiger partial charge in [-0.05, 0) is 81.6 Å². The first-order valence-corrected chi connectivity index (χ1v) is 10.5. The highest BCUT2D eigenvalue weighted by Crippen LogP contribution is 2.31. The summed E-state index contributed by atoms with van der Waals surface area (Å²) in [5.41, 5.74) is 3.89. The lowest BCUT2D eigenvalue weighted by molar-refractivity contribution is 0.0751. The molecular weight excluding hydrogens is 391 g/mol. The number of aromatic nitrogens is 2. The van der Waals surface area contributed by atoms with Crippen LogP contribution in [0.1, 0.15) is 46.6 Å². The highest BCUT2D eigenvalue weighted by Gasteiger charge is 2.34. The van der Waals surface area contributed by atoms with Gasteiger partial charge in [-0.2, -0.15) is 5.10 Å². The summed E-state index contributed by atoms with van der Waals surface area (Å²) in [4.78, 5) is 15.3. The number of rotatable bonds is 2. The van der Waals surface area contributed by atoms with Gasteiger partial charge in [0.2, 0.25) is 0 Å². The summed E-state index contributed by atoms with van der Waals surface area (Å²) in [6.07, 6.45) is 4.81. The number of halogens is 2. The van der Waals surface area contributed by atoms with Crippen LogP contribution in [0.3, 0.4) is 0 Å². The number of fused-ring (bicyclic) bond motifs is 2. The fourth-order valence-corrected chi connectivity index (χ4v) is 5.16. The van der Waals surface area contributed by atoms with Gasteiger partial charge in [-0.25, -0.2) is 9.07 Å². The number of likely N-dealkylation sites (tertiary alicyclic amines) is 1. The summed E-state index contributed by atoms with van der Waals surface area (Å²) in [5, 5.41) is 8.12. The van der Waals surface area contributed by atoms with Gasteiger partial charge in [0, 0.05) is 24.3 Å². The average Bonchev–Trinajstić information content (AvgIpc) is 3.36. The normalized spacial score (nSPS) is 23.3. The highest BCUT2D eigenvalue weighted by molar-refractivity contribution is 5.94. The number of carbonyl (C=O) groups excluding carboxylic acids is 1. The molecule has 1 amide bonds. The van der Waals surface area contributed by atoms with Crippen molar-refractivity contribution in [3.05, 3.63) is 46.5 Å². The highest BCUT2D eigenvalue weighted by atomic mass is 35.5. The zero-order valence-corrected chi connectivity index (χ0v) is 17.6. The van der Waals surface area contributed by atoms with Gasteiger partial charge in [-0.15, -0.1) is 12.4 Å². The van der Waals surface area contributed by atoms with E-state index in [-0.39, 0.29) is 24.1 Å². The molecule has 5 rings (SSSR count). The van der Waals surface area contributed by atoms with Crippen LogP contribution in [0.5, 0.6) is 0 Å². The SMILES string of the molecule is Cc1ccc(-n2nc(C(=O)N3CC[C@@H]4CNC[C@@H]4CC3)c3c2CCC3)c(F)c1.Cl. The molecule has 0 saturated carbocycles. The fourth-order valence-electron chi connectivity index (χ4n) is 5.16. The second-order valence-electron chi connectivity index (χ2n) is 8.54. The lowest BCUT2D eigenvalue weighted by atomic mass is 9.92. The summed E-state index contributed by atoms with van der Waals surface area (Å²) >= 11 is 0. The minimum atomic E-state index is -0.286. The first-order valence-electron chi connectivity index (χ1n) is 10.5. The molecule has 2 atom stereocenters. The maximum Gasteiger partial charge on any atom is 0.274 e. The van der Waals surface area contributed by atoms with E-state index in [1.807, 2.05) is 17.9 Å². The van der Waals surface area contributed by atoms with E-state index in [4.69, 9.17) is 0 Å². The molecule has 29 heavy (non-hydrogen) atoms. The van der Waals surface area contributed by atoms with Gasteiger partial charge in [-0.1, -0.05) is 6.07 Å². The second-order valence-corrected chi connectivity index (χ2v) is 8.54. The topological polar surface area (TPSA) is 50.2 Å². The Morgan fingerprint density at radius 1 is 1.17 bits per heavy atom.